The van der Waals surface area contributed by atoms with Crippen molar-refractivity contribution < 1.29 is 30.6 Å². The van der Waals surface area contributed by atoms with Gasteiger partial charge in [-0.1, -0.05) is 81.3 Å². The highest BCUT2D eigenvalue weighted by Crippen LogP contribution is 2.34. The zero-order valence-electron chi connectivity index (χ0n) is 20.3. The van der Waals surface area contributed by atoms with Crippen molar-refractivity contribution >= 4 is 0 Å². The van der Waals surface area contributed by atoms with E-state index in [1.165, 1.54) is 6.08 Å². The largest absolute Gasteiger partial charge is 0.394 e. The number of aliphatic hydroxyl groups excluding tert-OH is 4. The summed E-state index contributed by atoms with van der Waals surface area (Å²) in [6.45, 7) is 6.95. The van der Waals surface area contributed by atoms with Gasteiger partial charge in [-0.3, -0.25) is 0 Å². The second kappa shape index (κ2) is 12.6. The van der Waals surface area contributed by atoms with Crippen molar-refractivity contribution in [2.24, 2.45) is 0 Å². The first kappa shape index (κ1) is 28.2. The third-order valence-corrected chi connectivity index (χ3v) is 6.59. The molecule has 0 amide bonds. The summed E-state index contributed by atoms with van der Waals surface area (Å²) in [7, 11) is 0. The van der Waals surface area contributed by atoms with Crippen LogP contribution in [0, 0.1) is 0 Å². The Kier molecular flexibility index (Phi) is 10.4. The van der Waals surface area contributed by atoms with Gasteiger partial charge in [-0.05, 0) is 35.1 Å². The van der Waals surface area contributed by atoms with E-state index in [0.717, 1.165) is 42.4 Å². The summed E-state index contributed by atoms with van der Waals surface area (Å²) in [5.74, 6) is 0. The van der Waals surface area contributed by atoms with Gasteiger partial charge in [0.25, 0.3) is 0 Å². The molecular weight excluding hydrogens is 432 g/mol. The molecule has 0 aliphatic rings. The van der Waals surface area contributed by atoms with E-state index in [2.05, 4.69) is 6.58 Å². The summed E-state index contributed by atoms with van der Waals surface area (Å²) < 4.78 is 0. The van der Waals surface area contributed by atoms with Crippen molar-refractivity contribution in [3.63, 3.8) is 0 Å². The Morgan fingerprint density at radius 2 is 1.24 bits per heavy atom. The first-order chi connectivity index (χ1) is 16.2. The monoisotopic (exact) mass is 472 g/mol. The van der Waals surface area contributed by atoms with Crippen molar-refractivity contribution in [2.45, 2.75) is 81.9 Å². The molecule has 0 aliphatic heterocycles. The van der Waals surface area contributed by atoms with E-state index in [9.17, 15) is 30.6 Å². The minimum Gasteiger partial charge on any atom is -0.394 e. The summed E-state index contributed by atoms with van der Waals surface area (Å²) >= 11 is 0. The Labute approximate surface area is 202 Å². The molecule has 0 spiro atoms. The molecule has 2 aromatic carbocycles. The normalized spacial score (nSPS) is 17.9. The van der Waals surface area contributed by atoms with Gasteiger partial charge >= 0.3 is 0 Å². The molecule has 0 saturated heterocycles. The van der Waals surface area contributed by atoms with Crippen molar-refractivity contribution in [1.82, 2.24) is 0 Å². The van der Waals surface area contributed by atoms with Gasteiger partial charge in [0, 0.05) is 12.8 Å². The third-order valence-electron chi connectivity index (χ3n) is 6.59. The van der Waals surface area contributed by atoms with Crippen molar-refractivity contribution in [3.8, 4) is 0 Å². The quantitative estimate of drug-likeness (QED) is 0.234. The van der Waals surface area contributed by atoms with Gasteiger partial charge in [0.05, 0.1) is 6.61 Å². The van der Waals surface area contributed by atoms with Crippen LogP contribution < -0.4 is 0 Å². The molecule has 1 unspecified atom stereocenters. The number of rotatable bonds is 14. The molecule has 0 radical (unpaired) electrons. The molecular formula is C28H40O6. The summed E-state index contributed by atoms with van der Waals surface area (Å²) in [5.41, 5.74) is -1.00. The number of hydrogen-bond donors (Lipinski definition) is 6. The zero-order chi connectivity index (χ0) is 25.4. The minimum atomic E-state index is -2.38. The lowest BCUT2D eigenvalue weighted by Gasteiger charge is -2.45. The van der Waals surface area contributed by atoms with Crippen LogP contribution in [0.2, 0.25) is 0 Å². The number of aliphatic hydroxyl groups is 6. The predicted octanol–water partition coefficient (Wildman–Crippen LogP) is 2.10. The number of benzene rings is 2. The molecule has 0 aliphatic carbocycles. The summed E-state index contributed by atoms with van der Waals surface area (Å²) in [6, 6.07) is 14.9. The number of aryl methyl sites for hydroxylation is 2. The fraction of sp³-hybridized carbons (Fsp3) is 0.500. The third kappa shape index (κ3) is 6.33. The van der Waals surface area contributed by atoms with E-state index in [1.807, 2.05) is 50.2 Å². The Hall–Kier alpha value is -2.06. The first-order valence-corrected chi connectivity index (χ1v) is 12.0. The Bertz CT molecular complexity index is 915. The van der Waals surface area contributed by atoms with Crippen LogP contribution in [0.1, 0.15) is 48.9 Å². The van der Waals surface area contributed by atoms with Crippen molar-refractivity contribution in [3.05, 3.63) is 83.4 Å². The molecule has 5 atom stereocenters. The molecule has 34 heavy (non-hydrogen) atoms. The SMILES string of the molecule is C=CC(O)(Cc1ccccc1CCC)[C@@H](O)[C@@](O)(Cc1ccccc1CCC)[C@H](O)[C@@H](O)CO. The summed E-state index contributed by atoms with van der Waals surface area (Å²) in [6.07, 6.45) is -1.45. The minimum absolute atomic E-state index is 0.0469. The molecule has 0 heterocycles. The maximum absolute atomic E-state index is 11.7. The van der Waals surface area contributed by atoms with Gasteiger partial charge in [0.2, 0.25) is 0 Å². The second-order valence-electron chi connectivity index (χ2n) is 9.17. The second-order valence-corrected chi connectivity index (χ2v) is 9.17. The molecule has 0 fully saturated rings. The summed E-state index contributed by atoms with van der Waals surface area (Å²) in [4.78, 5) is 0. The average molecular weight is 473 g/mol. The van der Waals surface area contributed by atoms with Crippen LogP contribution in [0.5, 0.6) is 0 Å². The van der Waals surface area contributed by atoms with Crippen LogP contribution >= 0.6 is 0 Å². The fourth-order valence-corrected chi connectivity index (χ4v) is 4.61. The van der Waals surface area contributed by atoms with E-state index in [-0.39, 0.29) is 12.8 Å². The van der Waals surface area contributed by atoms with Gasteiger partial charge in [-0.2, -0.15) is 0 Å². The molecule has 0 bridgehead atoms. The lowest BCUT2D eigenvalue weighted by Crippen LogP contribution is -2.66. The van der Waals surface area contributed by atoms with Gasteiger partial charge in [-0.15, -0.1) is 6.58 Å². The van der Waals surface area contributed by atoms with Crippen LogP contribution in [0.15, 0.2) is 61.2 Å². The average Bonchev–Trinajstić information content (AvgIpc) is 2.85. The van der Waals surface area contributed by atoms with Crippen LogP contribution in [-0.2, 0) is 25.7 Å². The van der Waals surface area contributed by atoms with E-state index < -0.39 is 36.1 Å². The molecule has 6 heteroatoms. The highest BCUT2D eigenvalue weighted by atomic mass is 16.4. The molecule has 2 aromatic rings. The van der Waals surface area contributed by atoms with E-state index >= 15 is 0 Å². The van der Waals surface area contributed by atoms with Gasteiger partial charge < -0.3 is 30.6 Å². The van der Waals surface area contributed by atoms with Crippen LogP contribution in [0.25, 0.3) is 0 Å². The zero-order valence-corrected chi connectivity index (χ0v) is 20.3. The van der Waals surface area contributed by atoms with Gasteiger partial charge in [0.15, 0.2) is 0 Å². The Morgan fingerprint density at radius 1 is 0.794 bits per heavy atom. The lowest BCUT2D eigenvalue weighted by molar-refractivity contribution is -0.218. The summed E-state index contributed by atoms with van der Waals surface area (Å²) in [5, 5.41) is 65.3. The van der Waals surface area contributed by atoms with Gasteiger partial charge in [0.1, 0.15) is 29.5 Å². The lowest BCUT2D eigenvalue weighted by atomic mass is 9.72. The Balaban J connectivity index is 2.53. The molecule has 0 aromatic heterocycles. The van der Waals surface area contributed by atoms with Crippen LogP contribution in [0.3, 0.4) is 0 Å². The Morgan fingerprint density at radius 3 is 1.65 bits per heavy atom. The molecule has 6 nitrogen and oxygen atoms in total. The molecule has 188 valence electrons. The maximum atomic E-state index is 11.7. The van der Waals surface area contributed by atoms with E-state index in [4.69, 9.17) is 0 Å². The van der Waals surface area contributed by atoms with Crippen molar-refractivity contribution in [2.75, 3.05) is 6.61 Å². The fourth-order valence-electron chi connectivity index (χ4n) is 4.61. The molecule has 6 N–H and O–H groups in total. The highest BCUT2D eigenvalue weighted by molar-refractivity contribution is 5.33. The van der Waals surface area contributed by atoms with Crippen LogP contribution in [0.4, 0.5) is 0 Å². The number of hydrogen-bond acceptors (Lipinski definition) is 6. The smallest absolute Gasteiger partial charge is 0.126 e. The van der Waals surface area contributed by atoms with Crippen molar-refractivity contribution in [1.29, 1.82) is 0 Å². The standard InChI is InChI=1S/C28H40O6/c1-4-11-20-13-7-9-15-22(20)17-27(33,6-3)26(32)28(34,25(31)24(30)19-29)18-23-16-10-8-14-21(23)12-5-2/h6-10,13-16,24-26,29-34H,3-5,11-12,17-19H2,1-2H3/t24-,25+,26+,27?,28+/m0/s1. The highest BCUT2D eigenvalue weighted by Gasteiger charge is 2.53. The van der Waals surface area contributed by atoms with E-state index in [1.54, 1.807) is 12.1 Å². The topological polar surface area (TPSA) is 121 Å². The molecule has 2 rings (SSSR count). The van der Waals surface area contributed by atoms with E-state index in [0.29, 0.717) is 5.56 Å². The molecule has 0 saturated carbocycles. The maximum Gasteiger partial charge on any atom is 0.126 e. The van der Waals surface area contributed by atoms with Crippen LogP contribution in [-0.4, -0.2) is 66.8 Å². The first-order valence-electron chi connectivity index (χ1n) is 12.0. The predicted molar refractivity (Wildman–Crippen MR) is 133 cm³/mol. The van der Waals surface area contributed by atoms with Gasteiger partial charge in [-0.25, -0.2) is 0 Å².